The zero-order valence-corrected chi connectivity index (χ0v) is 13.2. The van der Waals surface area contributed by atoms with Gasteiger partial charge in [0.05, 0.1) is 13.2 Å². The largest absolute Gasteiger partial charge is 0.395 e. The number of ketones is 1. The summed E-state index contributed by atoms with van der Waals surface area (Å²) in [5, 5.41) is 12.6. The van der Waals surface area contributed by atoms with Crippen LogP contribution in [-0.4, -0.2) is 42.0 Å². The Balaban J connectivity index is 1.68. The predicted octanol–water partition coefficient (Wildman–Crippen LogP) is 2.33. The van der Waals surface area contributed by atoms with Gasteiger partial charge in [0, 0.05) is 30.9 Å². The molecule has 1 heterocycles. The fraction of sp³-hybridized carbons (Fsp3) is 0.316. The number of rotatable bonds is 7. The highest BCUT2D eigenvalue weighted by Crippen LogP contribution is 2.23. The fourth-order valence-corrected chi connectivity index (χ4v) is 2.97. The molecule has 2 aromatic carbocycles. The van der Waals surface area contributed by atoms with Crippen LogP contribution in [0.15, 0.2) is 48.5 Å². The number of nitrogens with zero attached hydrogens (tertiary/aromatic N) is 1. The van der Waals surface area contributed by atoms with Crippen molar-refractivity contribution in [3.63, 3.8) is 0 Å². The summed E-state index contributed by atoms with van der Waals surface area (Å²) < 4.78 is 0. The molecule has 4 heteroatoms. The molecule has 2 N–H and O–H groups in total. The van der Waals surface area contributed by atoms with Crippen molar-refractivity contribution in [3.8, 4) is 0 Å². The molecule has 0 bridgehead atoms. The van der Waals surface area contributed by atoms with Crippen LogP contribution < -0.4 is 5.32 Å². The summed E-state index contributed by atoms with van der Waals surface area (Å²) >= 11 is 0. The van der Waals surface area contributed by atoms with Crippen molar-refractivity contribution in [2.45, 2.75) is 13.0 Å². The van der Waals surface area contributed by atoms with Gasteiger partial charge in [0.25, 0.3) is 0 Å². The molecular formula is C19H22N2O2. The van der Waals surface area contributed by atoms with Gasteiger partial charge in [-0.15, -0.1) is 0 Å². The van der Waals surface area contributed by atoms with E-state index >= 15 is 0 Å². The van der Waals surface area contributed by atoms with E-state index in [1.54, 1.807) is 0 Å². The van der Waals surface area contributed by atoms with E-state index in [0.29, 0.717) is 19.6 Å². The number of hydrogen-bond acceptors (Lipinski definition) is 4. The second kappa shape index (κ2) is 7.40. The normalized spacial score (nSPS) is 13.0. The van der Waals surface area contributed by atoms with Gasteiger partial charge in [-0.2, -0.15) is 0 Å². The molecule has 0 saturated carbocycles. The third kappa shape index (κ3) is 3.97. The molecule has 0 aliphatic carbocycles. The molecule has 0 unspecified atom stereocenters. The number of carbonyl (C=O) groups excluding carboxylic acids is 1. The molecule has 0 saturated heterocycles. The summed E-state index contributed by atoms with van der Waals surface area (Å²) in [5.41, 5.74) is 4.25. The van der Waals surface area contributed by atoms with Gasteiger partial charge in [-0.05, 0) is 35.7 Å². The summed E-state index contributed by atoms with van der Waals surface area (Å²) in [6, 6.07) is 15.9. The van der Waals surface area contributed by atoms with Crippen LogP contribution >= 0.6 is 0 Å². The Hall–Kier alpha value is -2.17. The summed E-state index contributed by atoms with van der Waals surface area (Å²) in [6.07, 6.45) is 0.973. The number of aliphatic hydroxyl groups excluding tert-OH is 1. The molecule has 0 fully saturated rings. The van der Waals surface area contributed by atoms with Gasteiger partial charge in [0.15, 0.2) is 5.78 Å². The average Bonchev–Trinajstić information content (AvgIpc) is 3.03. The number of benzene rings is 2. The van der Waals surface area contributed by atoms with E-state index in [0.717, 1.165) is 29.8 Å². The predicted molar refractivity (Wildman–Crippen MR) is 91.8 cm³/mol. The third-order valence-electron chi connectivity index (χ3n) is 4.17. The molecule has 0 radical (unpaired) electrons. The lowest BCUT2D eigenvalue weighted by molar-refractivity contribution is 0.0908. The second-order valence-corrected chi connectivity index (χ2v) is 5.89. The Bertz CT molecular complexity index is 670. The smallest absolute Gasteiger partial charge is 0.176 e. The van der Waals surface area contributed by atoms with Gasteiger partial charge in [-0.1, -0.05) is 30.3 Å². The topological polar surface area (TPSA) is 52.6 Å². The van der Waals surface area contributed by atoms with Crippen molar-refractivity contribution in [1.29, 1.82) is 0 Å². The third-order valence-corrected chi connectivity index (χ3v) is 4.17. The van der Waals surface area contributed by atoms with Gasteiger partial charge in [-0.3, -0.25) is 9.69 Å². The van der Waals surface area contributed by atoms with E-state index < -0.39 is 0 Å². The summed E-state index contributed by atoms with van der Waals surface area (Å²) in [5.74, 6) is 0.101. The van der Waals surface area contributed by atoms with Crippen molar-refractivity contribution in [1.82, 2.24) is 4.90 Å². The zero-order valence-electron chi connectivity index (χ0n) is 13.2. The number of Topliss-reactive ketones (excluding diaryl/α,β-unsaturated/α-hetero) is 1. The lowest BCUT2D eigenvalue weighted by Crippen LogP contribution is -2.32. The van der Waals surface area contributed by atoms with E-state index in [1.807, 2.05) is 53.4 Å². The quantitative estimate of drug-likeness (QED) is 0.771. The Morgan fingerprint density at radius 3 is 2.78 bits per heavy atom. The minimum Gasteiger partial charge on any atom is -0.395 e. The second-order valence-electron chi connectivity index (χ2n) is 5.89. The molecule has 1 aliphatic rings. The molecule has 0 atom stereocenters. The van der Waals surface area contributed by atoms with Gasteiger partial charge >= 0.3 is 0 Å². The van der Waals surface area contributed by atoms with Crippen molar-refractivity contribution in [2.75, 3.05) is 31.6 Å². The monoisotopic (exact) mass is 310 g/mol. The number of fused-ring (bicyclic) bond motifs is 1. The SMILES string of the molecule is O=C(CN(CCO)Cc1ccccc1)c1ccc2c(c1)CCN2. The van der Waals surface area contributed by atoms with Crippen molar-refractivity contribution >= 4 is 11.5 Å². The molecule has 1 aliphatic heterocycles. The Morgan fingerprint density at radius 2 is 2.00 bits per heavy atom. The molecule has 0 amide bonds. The zero-order chi connectivity index (χ0) is 16.1. The Labute approximate surface area is 136 Å². The number of anilines is 1. The Morgan fingerprint density at radius 1 is 1.17 bits per heavy atom. The van der Waals surface area contributed by atoms with Crippen LogP contribution in [0.1, 0.15) is 21.5 Å². The highest BCUT2D eigenvalue weighted by Gasteiger charge is 2.16. The van der Waals surface area contributed by atoms with Gasteiger partial charge in [0.2, 0.25) is 0 Å². The lowest BCUT2D eigenvalue weighted by Gasteiger charge is -2.20. The fourth-order valence-electron chi connectivity index (χ4n) is 2.97. The molecule has 120 valence electrons. The minimum atomic E-state index is 0.0498. The first kappa shape index (κ1) is 15.7. The van der Waals surface area contributed by atoms with Crippen LogP contribution in [0, 0.1) is 0 Å². The Kier molecular flexibility index (Phi) is 5.05. The minimum absolute atomic E-state index is 0.0498. The van der Waals surface area contributed by atoms with Crippen LogP contribution in [0.4, 0.5) is 5.69 Å². The highest BCUT2D eigenvalue weighted by atomic mass is 16.3. The summed E-state index contributed by atoms with van der Waals surface area (Å²) in [7, 11) is 0. The lowest BCUT2D eigenvalue weighted by atomic mass is 10.0. The standard InChI is InChI=1S/C19H22N2O2/c22-11-10-21(13-15-4-2-1-3-5-15)14-19(23)17-6-7-18-16(12-17)8-9-20-18/h1-7,12,20,22H,8-11,13-14H2. The first-order chi connectivity index (χ1) is 11.3. The maximum Gasteiger partial charge on any atom is 0.176 e. The number of nitrogens with one attached hydrogen (secondary N) is 1. The molecule has 2 aromatic rings. The van der Waals surface area contributed by atoms with Crippen LogP contribution in [0.25, 0.3) is 0 Å². The van der Waals surface area contributed by atoms with Crippen molar-refractivity contribution in [2.24, 2.45) is 0 Å². The van der Waals surface area contributed by atoms with Gasteiger partial charge < -0.3 is 10.4 Å². The molecule has 3 rings (SSSR count). The number of hydrogen-bond donors (Lipinski definition) is 2. The number of aliphatic hydroxyl groups is 1. The first-order valence-corrected chi connectivity index (χ1v) is 8.03. The van der Waals surface area contributed by atoms with E-state index in [-0.39, 0.29) is 12.4 Å². The molecule has 0 spiro atoms. The van der Waals surface area contributed by atoms with Crippen LogP contribution in [0.3, 0.4) is 0 Å². The van der Waals surface area contributed by atoms with Crippen LogP contribution in [0.5, 0.6) is 0 Å². The van der Waals surface area contributed by atoms with Crippen LogP contribution in [0.2, 0.25) is 0 Å². The molecule has 23 heavy (non-hydrogen) atoms. The van der Waals surface area contributed by atoms with Crippen LogP contribution in [-0.2, 0) is 13.0 Å². The highest BCUT2D eigenvalue weighted by molar-refractivity contribution is 5.98. The maximum atomic E-state index is 12.6. The van der Waals surface area contributed by atoms with Gasteiger partial charge in [0.1, 0.15) is 0 Å². The average molecular weight is 310 g/mol. The van der Waals surface area contributed by atoms with E-state index in [9.17, 15) is 9.90 Å². The van der Waals surface area contributed by atoms with Gasteiger partial charge in [-0.25, -0.2) is 0 Å². The van der Waals surface area contributed by atoms with E-state index in [1.165, 1.54) is 5.56 Å². The number of carbonyl (C=O) groups is 1. The molecule has 0 aromatic heterocycles. The molecular weight excluding hydrogens is 288 g/mol. The van der Waals surface area contributed by atoms with Crippen molar-refractivity contribution in [3.05, 3.63) is 65.2 Å². The van der Waals surface area contributed by atoms with E-state index in [4.69, 9.17) is 0 Å². The first-order valence-electron chi connectivity index (χ1n) is 8.03. The maximum absolute atomic E-state index is 12.6. The molecule has 4 nitrogen and oxygen atoms in total. The van der Waals surface area contributed by atoms with E-state index in [2.05, 4.69) is 5.32 Å². The van der Waals surface area contributed by atoms with Crippen molar-refractivity contribution < 1.29 is 9.90 Å². The summed E-state index contributed by atoms with van der Waals surface area (Å²) in [6.45, 7) is 2.47. The summed E-state index contributed by atoms with van der Waals surface area (Å²) in [4.78, 5) is 14.6.